The number of Topliss-reactive ketones (excluding diaryl/α,β-unsaturated/α-hetero) is 1. The number of halogens is 2. The second kappa shape index (κ2) is 7.83. The van der Waals surface area contributed by atoms with Crippen LogP contribution in [0.1, 0.15) is 37.6 Å². The zero-order chi connectivity index (χ0) is 16.0. The van der Waals surface area contributed by atoms with E-state index in [1.165, 1.54) is 6.07 Å². The predicted molar refractivity (Wildman–Crippen MR) is 74.0 cm³/mol. The van der Waals surface area contributed by atoms with Gasteiger partial charge in [-0.15, -0.1) is 0 Å². The zero-order valence-corrected chi connectivity index (χ0v) is 12.3. The van der Waals surface area contributed by atoms with Crippen molar-refractivity contribution in [2.75, 3.05) is 6.61 Å². The Morgan fingerprint density at radius 2 is 1.90 bits per heavy atom. The van der Waals surface area contributed by atoms with Crippen LogP contribution in [-0.4, -0.2) is 30.4 Å². The molecule has 0 amide bonds. The number of rotatable bonds is 7. The summed E-state index contributed by atoms with van der Waals surface area (Å²) in [6.07, 6.45) is -0.163. The van der Waals surface area contributed by atoms with E-state index in [-0.39, 0.29) is 24.6 Å². The number of benzene rings is 1. The van der Waals surface area contributed by atoms with Crippen molar-refractivity contribution in [3.63, 3.8) is 0 Å². The highest BCUT2D eigenvalue weighted by atomic mass is 19.2. The maximum Gasteiger partial charge on any atom is 0.307 e. The minimum Gasteiger partial charge on any atom is -0.466 e. The van der Waals surface area contributed by atoms with Gasteiger partial charge in [-0.05, 0) is 25.1 Å². The fourth-order valence-electron chi connectivity index (χ4n) is 1.87. The summed E-state index contributed by atoms with van der Waals surface area (Å²) < 4.78 is 30.9. The van der Waals surface area contributed by atoms with Gasteiger partial charge < -0.3 is 10.1 Å². The Morgan fingerprint density at radius 1 is 1.24 bits per heavy atom. The minimum atomic E-state index is -1.10. The fraction of sp³-hybridized carbons (Fsp3) is 0.467. The van der Waals surface area contributed by atoms with Crippen molar-refractivity contribution >= 4 is 11.8 Å². The van der Waals surface area contributed by atoms with Crippen LogP contribution in [0.5, 0.6) is 0 Å². The number of hydrogen-bond acceptors (Lipinski definition) is 4. The van der Waals surface area contributed by atoms with Crippen molar-refractivity contribution in [2.24, 2.45) is 0 Å². The largest absolute Gasteiger partial charge is 0.466 e. The molecule has 1 aromatic rings. The summed E-state index contributed by atoms with van der Waals surface area (Å²) in [4.78, 5) is 23.9. The third-order valence-corrected chi connectivity index (χ3v) is 2.73. The summed E-state index contributed by atoms with van der Waals surface area (Å²) in [5.74, 6) is -3.12. The number of ketones is 1. The molecule has 0 aliphatic heterocycles. The first-order chi connectivity index (χ1) is 9.85. The van der Waals surface area contributed by atoms with E-state index in [4.69, 9.17) is 4.74 Å². The third kappa shape index (κ3) is 5.23. The second-order valence-electron chi connectivity index (χ2n) is 4.88. The Labute approximate surface area is 122 Å². The zero-order valence-electron chi connectivity index (χ0n) is 12.3. The van der Waals surface area contributed by atoms with E-state index in [1.54, 1.807) is 6.92 Å². The van der Waals surface area contributed by atoms with Crippen LogP contribution in [0.3, 0.4) is 0 Å². The van der Waals surface area contributed by atoms with E-state index in [0.717, 1.165) is 12.1 Å². The van der Waals surface area contributed by atoms with E-state index in [2.05, 4.69) is 5.32 Å². The first kappa shape index (κ1) is 17.2. The highest BCUT2D eigenvalue weighted by molar-refractivity contribution is 6.01. The molecule has 0 bridgehead atoms. The van der Waals surface area contributed by atoms with Crippen molar-refractivity contribution in [3.05, 3.63) is 35.4 Å². The van der Waals surface area contributed by atoms with Gasteiger partial charge in [0.1, 0.15) is 0 Å². The summed E-state index contributed by atoms with van der Waals surface area (Å²) >= 11 is 0. The number of nitrogens with one attached hydrogen (secondary N) is 1. The van der Waals surface area contributed by atoms with Gasteiger partial charge in [0.2, 0.25) is 0 Å². The molecule has 0 radical (unpaired) electrons. The molecule has 4 nitrogen and oxygen atoms in total. The molecule has 1 rings (SSSR count). The number of carbonyl (C=O) groups is 2. The quantitative estimate of drug-likeness (QED) is 0.621. The average molecular weight is 299 g/mol. The van der Waals surface area contributed by atoms with Gasteiger partial charge in [-0.25, -0.2) is 8.78 Å². The monoisotopic (exact) mass is 299 g/mol. The Morgan fingerprint density at radius 3 is 2.43 bits per heavy atom. The normalized spacial score (nSPS) is 12.3. The minimum absolute atomic E-state index is 0.0105. The maximum absolute atomic E-state index is 13.2. The lowest BCUT2D eigenvalue weighted by Gasteiger charge is -2.19. The van der Waals surface area contributed by atoms with Crippen LogP contribution in [0.4, 0.5) is 8.78 Å². The van der Waals surface area contributed by atoms with Crippen LogP contribution in [0, 0.1) is 11.6 Å². The molecular formula is C15H19F2NO3. The highest BCUT2D eigenvalue weighted by Crippen LogP contribution is 2.13. The highest BCUT2D eigenvalue weighted by Gasteiger charge is 2.25. The van der Waals surface area contributed by atoms with Gasteiger partial charge in [0.25, 0.3) is 0 Å². The molecule has 1 aromatic carbocycles. The summed E-state index contributed by atoms with van der Waals surface area (Å²) in [5, 5.41) is 2.93. The molecule has 0 aliphatic carbocycles. The Balaban J connectivity index is 2.92. The van der Waals surface area contributed by atoms with Gasteiger partial charge in [0.05, 0.1) is 19.1 Å². The molecule has 1 unspecified atom stereocenters. The van der Waals surface area contributed by atoms with Crippen molar-refractivity contribution < 1.29 is 23.1 Å². The molecule has 0 saturated heterocycles. The Kier molecular flexibility index (Phi) is 6.42. The third-order valence-electron chi connectivity index (χ3n) is 2.73. The molecule has 6 heteroatoms. The lowest BCUT2D eigenvalue weighted by molar-refractivity contribution is -0.143. The fourth-order valence-corrected chi connectivity index (χ4v) is 1.87. The Hall–Kier alpha value is -1.82. The molecule has 0 heterocycles. The molecule has 0 aromatic heterocycles. The van der Waals surface area contributed by atoms with Gasteiger partial charge in [-0.3, -0.25) is 9.59 Å². The molecular weight excluding hydrogens is 280 g/mol. The number of ether oxygens (including phenoxy) is 1. The van der Waals surface area contributed by atoms with Crippen LogP contribution < -0.4 is 5.32 Å². The van der Waals surface area contributed by atoms with Crippen molar-refractivity contribution in [2.45, 2.75) is 39.3 Å². The first-order valence-corrected chi connectivity index (χ1v) is 6.76. The molecule has 0 aliphatic rings. The van der Waals surface area contributed by atoms with E-state index < -0.39 is 29.4 Å². The lowest BCUT2D eigenvalue weighted by atomic mass is 10.0. The standard InChI is InChI=1S/C15H19F2NO3/c1-4-21-14(19)8-13(18-9(2)3)15(20)10-5-6-11(16)12(17)7-10/h5-7,9,13,18H,4,8H2,1-3H3. The van der Waals surface area contributed by atoms with Crippen LogP contribution in [0.25, 0.3) is 0 Å². The lowest BCUT2D eigenvalue weighted by Crippen LogP contribution is -2.42. The van der Waals surface area contributed by atoms with Crippen LogP contribution in [0.2, 0.25) is 0 Å². The van der Waals surface area contributed by atoms with Crippen molar-refractivity contribution in [1.82, 2.24) is 5.32 Å². The van der Waals surface area contributed by atoms with Gasteiger partial charge in [0.15, 0.2) is 17.4 Å². The van der Waals surface area contributed by atoms with Crippen LogP contribution >= 0.6 is 0 Å². The summed E-state index contributed by atoms with van der Waals surface area (Å²) in [6.45, 7) is 5.51. The van der Waals surface area contributed by atoms with Gasteiger partial charge >= 0.3 is 5.97 Å². The molecule has 1 atom stereocenters. The SMILES string of the molecule is CCOC(=O)CC(NC(C)C)C(=O)c1ccc(F)c(F)c1. The predicted octanol–water partition coefficient (Wildman–Crippen LogP) is 2.47. The molecule has 0 spiro atoms. The molecule has 0 fully saturated rings. The van der Waals surface area contributed by atoms with Gasteiger partial charge in [-0.2, -0.15) is 0 Å². The summed E-state index contributed by atoms with van der Waals surface area (Å²) in [7, 11) is 0. The van der Waals surface area contributed by atoms with E-state index in [0.29, 0.717) is 0 Å². The van der Waals surface area contributed by atoms with E-state index >= 15 is 0 Å². The maximum atomic E-state index is 13.2. The summed E-state index contributed by atoms with van der Waals surface area (Å²) in [6, 6.07) is 2.02. The average Bonchev–Trinajstić information content (AvgIpc) is 2.40. The number of carbonyl (C=O) groups excluding carboxylic acids is 2. The van der Waals surface area contributed by atoms with E-state index in [9.17, 15) is 18.4 Å². The molecule has 21 heavy (non-hydrogen) atoms. The molecule has 116 valence electrons. The number of hydrogen-bond donors (Lipinski definition) is 1. The Bertz CT molecular complexity index is 518. The van der Waals surface area contributed by atoms with Crippen molar-refractivity contribution in [1.29, 1.82) is 0 Å². The van der Waals surface area contributed by atoms with Crippen molar-refractivity contribution in [3.8, 4) is 0 Å². The second-order valence-corrected chi connectivity index (χ2v) is 4.88. The molecule has 0 saturated carbocycles. The van der Waals surface area contributed by atoms with Crippen LogP contribution in [-0.2, 0) is 9.53 Å². The number of esters is 1. The van der Waals surface area contributed by atoms with E-state index in [1.807, 2.05) is 13.8 Å². The van der Waals surface area contributed by atoms with Gasteiger partial charge in [0, 0.05) is 11.6 Å². The van der Waals surface area contributed by atoms with Gasteiger partial charge in [-0.1, -0.05) is 13.8 Å². The summed E-state index contributed by atoms with van der Waals surface area (Å²) in [5.41, 5.74) is 0.0105. The first-order valence-electron chi connectivity index (χ1n) is 6.76. The molecule has 1 N–H and O–H groups in total. The smallest absolute Gasteiger partial charge is 0.307 e. The topological polar surface area (TPSA) is 55.4 Å². The van der Waals surface area contributed by atoms with Crippen LogP contribution in [0.15, 0.2) is 18.2 Å².